The number of rotatable bonds is 8. The van der Waals surface area contributed by atoms with Gasteiger partial charge in [0.2, 0.25) is 0 Å². The first-order valence-corrected chi connectivity index (χ1v) is 6.17. The molecule has 0 aromatic heterocycles. The first-order valence-electron chi connectivity index (χ1n) is 6.17. The van der Waals surface area contributed by atoms with E-state index in [0.717, 1.165) is 38.9 Å². The fourth-order valence-electron chi connectivity index (χ4n) is 2.24. The molecule has 0 saturated carbocycles. The van der Waals surface area contributed by atoms with E-state index in [1.165, 1.54) is 0 Å². The van der Waals surface area contributed by atoms with Gasteiger partial charge in [-0.3, -0.25) is 9.69 Å². The second-order valence-corrected chi connectivity index (χ2v) is 4.51. The average molecular weight is 245 g/mol. The lowest BCUT2D eigenvalue weighted by Crippen LogP contribution is -2.27. The fourth-order valence-corrected chi connectivity index (χ4v) is 2.24. The first kappa shape index (κ1) is 14.4. The van der Waals surface area contributed by atoms with E-state index in [0.29, 0.717) is 0 Å². The molecule has 0 amide bonds. The maximum absolute atomic E-state index is 10.3. The number of carbonyl (C=O) groups is 1. The Kier molecular flexibility index (Phi) is 6.47. The van der Waals surface area contributed by atoms with Crippen molar-refractivity contribution >= 4 is 5.97 Å². The lowest BCUT2D eigenvalue weighted by atomic mass is 10.2. The predicted molar refractivity (Wildman–Crippen MR) is 64.1 cm³/mol. The molecule has 1 saturated heterocycles. The van der Waals surface area contributed by atoms with Crippen LogP contribution in [-0.4, -0.2) is 62.0 Å². The van der Waals surface area contributed by atoms with E-state index >= 15 is 0 Å². The van der Waals surface area contributed by atoms with Crippen molar-refractivity contribution in [3.8, 4) is 0 Å². The van der Waals surface area contributed by atoms with Crippen LogP contribution in [0.1, 0.15) is 25.7 Å². The summed E-state index contributed by atoms with van der Waals surface area (Å²) in [5.41, 5.74) is 0. The molecule has 5 nitrogen and oxygen atoms in total. The number of ether oxygens (including phenoxy) is 2. The molecule has 2 atom stereocenters. The summed E-state index contributed by atoms with van der Waals surface area (Å²) in [5, 5.41) is 8.51. The first-order chi connectivity index (χ1) is 8.17. The molecule has 1 heterocycles. The molecule has 17 heavy (non-hydrogen) atoms. The van der Waals surface area contributed by atoms with Crippen LogP contribution in [0.25, 0.3) is 0 Å². The van der Waals surface area contributed by atoms with Gasteiger partial charge in [0.25, 0.3) is 0 Å². The molecule has 1 aliphatic heterocycles. The van der Waals surface area contributed by atoms with Gasteiger partial charge in [-0.2, -0.15) is 0 Å². The van der Waals surface area contributed by atoms with Crippen molar-refractivity contribution in [1.29, 1.82) is 0 Å². The van der Waals surface area contributed by atoms with Gasteiger partial charge in [-0.25, -0.2) is 0 Å². The van der Waals surface area contributed by atoms with E-state index in [9.17, 15) is 4.79 Å². The Bertz CT molecular complexity index is 223. The van der Waals surface area contributed by atoms with Gasteiger partial charge in [-0.05, 0) is 19.4 Å². The highest BCUT2D eigenvalue weighted by Crippen LogP contribution is 2.16. The lowest BCUT2D eigenvalue weighted by molar-refractivity contribution is -0.137. The molecule has 1 aliphatic rings. The van der Waals surface area contributed by atoms with Gasteiger partial charge in [-0.1, -0.05) is 6.42 Å². The van der Waals surface area contributed by atoms with Crippen molar-refractivity contribution in [2.45, 2.75) is 37.9 Å². The molecule has 0 aromatic carbocycles. The van der Waals surface area contributed by atoms with E-state index in [-0.39, 0.29) is 18.6 Å². The lowest BCUT2D eigenvalue weighted by Gasteiger charge is -2.14. The summed E-state index contributed by atoms with van der Waals surface area (Å²) in [7, 11) is 3.43. The number of carboxylic acid groups (broad SMARTS) is 1. The number of carboxylic acids is 1. The van der Waals surface area contributed by atoms with Crippen LogP contribution in [0.2, 0.25) is 0 Å². The van der Waals surface area contributed by atoms with E-state index < -0.39 is 5.97 Å². The van der Waals surface area contributed by atoms with Crippen LogP contribution >= 0.6 is 0 Å². The topological polar surface area (TPSA) is 59.0 Å². The van der Waals surface area contributed by atoms with Crippen LogP contribution in [0.4, 0.5) is 0 Å². The molecular formula is C12H23NO4. The largest absolute Gasteiger partial charge is 0.481 e. The Morgan fingerprint density at radius 2 is 1.76 bits per heavy atom. The minimum absolute atomic E-state index is 0.166. The third kappa shape index (κ3) is 5.02. The average Bonchev–Trinajstić information content (AvgIpc) is 2.70. The van der Waals surface area contributed by atoms with Gasteiger partial charge in [0.1, 0.15) is 0 Å². The predicted octanol–water partition coefficient (Wildman–Crippen LogP) is 0.977. The monoisotopic (exact) mass is 245 g/mol. The Labute approximate surface area is 103 Å². The van der Waals surface area contributed by atoms with Crippen LogP contribution in [0.5, 0.6) is 0 Å². The summed E-state index contributed by atoms with van der Waals surface area (Å²) in [6.45, 7) is 2.82. The van der Waals surface area contributed by atoms with Crippen LogP contribution in [-0.2, 0) is 14.3 Å². The SMILES string of the molecule is COC1CN(CCCCCC(=O)O)CC1OC. The van der Waals surface area contributed by atoms with Crippen molar-refractivity contribution in [1.82, 2.24) is 4.90 Å². The fraction of sp³-hybridized carbons (Fsp3) is 0.917. The normalized spacial score (nSPS) is 25.3. The van der Waals surface area contributed by atoms with E-state index in [4.69, 9.17) is 14.6 Å². The van der Waals surface area contributed by atoms with Crippen molar-refractivity contribution in [2.75, 3.05) is 33.9 Å². The highest BCUT2D eigenvalue weighted by atomic mass is 16.5. The van der Waals surface area contributed by atoms with Crippen LogP contribution in [0, 0.1) is 0 Å². The van der Waals surface area contributed by atoms with Gasteiger partial charge in [0.15, 0.2) is 0 Å². The highest BCUT2D eigenvalue weighted by molar-refractivity contribution is 5.66. The molecule has 5 heteroatoms. The zero-order valence-electron chi connectivity index (χ0n) is 10.7. The van der Waals surface area contributed by atoms with Crippen LogP contribution < -0.4 is 0 Å². The summed E-state index contributed by atoms with van der Waals surface area (Å²) in [6, 6.07) is 0. The molecule has 0 bridgehead atoms. The third-order valence-electron chi connectivity index (χ3n) is 3.26. The van der Waals surface area contributed by atoms with Crippen molar-refractivity contribution < 1.29 is 19.4 Å². The molecule has 0 aliphatic carbocycles. The highest BCUT2D eigenvalue weighted by Gasteiger charge is 2.32. The molecule has 100 valence electrons. The molecule has 0 aromatic rings. The molecule has 2 unspecified atom stereocenters. The Morgan fingerprint density at radius 1 is 1.18 bits per heavy atom. The van der Waals surface area contributed by atoms with Crippen LogP contribution in [0.15, 0.2) is 0 Å². The van der Waals surface area contributed by atoms with Gasteiger partial charge < -0.3 is 14.6 Å². The van der Waals surface area contributed by atoms with Gasteiger partial charge in [0.05, 0.1) is 12.2 Å². The van der Waals surface area contributed by atoms with E-state index in [2.05, 4.69) is 4.90 Å². The number of hydrogen-bond acceptors (Lipinski definition) is 4. The molecular weight excluding hydrogens is 222 g/mol. The summed E-state index contributed by atoms with van der Waals surface area (Å²) in [4.78, 5) is 12.7. The summed E-state index contributed by atoms with van der Waals surface area (Å²) in [6.07, 6.45) is 3.39. The summed E-state index contributed by atoms with van der Waals surface area (Å²) >= 11 is 0. The number of hydrogen-bond donors (Lipinski definition) is 1. The third-order valence-corrected chi connectivity index (χ3v) is 3.26. The number of aliphatic carboxylic acids is 1. The van der Waals surface area contributed by atoms with E-state index in [1.807, 2.05) is 0 Å². The maximum Gasteiger partial charge on any atom is 0.303 e. The molecule has 1 fully saturated rings. The standard InChI is InChI=1S/C12H23NO4/c1-16-10-8-13(9-11(10)17-2)7-5-3-4-6-12(14)15/h10-11H,3-9H2,1-2H3,(H,14,15). The quantitative estimate of drug-likeness (QED) is 0.646. The zero-order valence-corrected chi connectivity index (χ0v) is 10.7. The Hall–Kier alpha value is -0.650. The maximum atomic E-state index is 10.3. The van der Waals surface area contributed by atoms with Gasteiger partial charge in [0, 0.05) is 33.7 Å². The van der Waals surface area contributed by atoms with Crippen molar-refractivity contribution in [2.24, 2.45) is 0 Å². The molecule has 1 N–H and O–H groups in total. The molecule has 0 radical (unpaired) electrons. The Balaban J connectivity index is 2.10. The second-order valence-electron chi connectivity index (χ2n) is 4.51. The van der Waals surface area contributed by atoms with Gasteiger partial charge >= 0.3 is 5.97 Å². The minimum atomic E-state index is -0.704. The number of unbranched alkanes of at least 4 members (excludes halogenated alkanes) is 2. The number of likely N-dealkylation sites (tertiary alicyclic amines) is 1. The van der Waals surface area contributed by atoms with E-state index in [1.54, 1.807) is 14.2 Å². The van der Waals surface area contributed by atoms with Crippen molar-refractivity contribution in [3.63, 3.8) is 0 Å². The molecule has 1 rings (SSSR count). The smallest absolute Gasteiger partial charge is 0.303 e. The van der Waals surface area contributed by atoms with Crippen LogP contribution in [0.3, 0.4) is 0 Å². The summed E-state index contributed by atoms with van der Waals surface area (Å²) < 4.78 is 10.7. The zero-order chi connectivity index (χ0) is 12.7. The Morgan fingerprint density at radius 3 is 2.24 bits per heavy atom. The molecule has 0 spiro atoms. The minimum Gasteiger partial charge on any atom is -0.481 e. The number of methoxy groups -OCH3 is 2. The van der Waals surface area contributed by atoms with Gasteiger partial charge in [-0.15, -0.1) is 0 Å². The number of nitrogens with zero attached hydrogens (tertiary/aromatic N) is 1. The second kappa shape index (κ2) is 7.63. The summed E-state index contributed by atoms with van der Waals surface area (Å²) in [5.74, 6) is -0.704. The van der Waals surface area contributed by atoms with Crippen molar-refractivity contribution in [3.05, 3.63) is 0 Å².